The van der Waals surface area contributed by atoms with Crippen LogP contribution in [0, 0.1) is 5.92 Å². The van der Waals surface area contributed by atoms with Crippen LogP contribution in [0.3, 0.4) is 0 Å². The first-order chi connectivity index (χ1) is 9.79. The van der Waals surface area contributed by atoms with Gasteiger partial charge in [-0.2, -0.15) is 0 Å². The molecule has 2 heterocycles. The summed E-state index contributed by atoms with van der Waals surface area (Å²) in [5.74, 6) is 1.86. The predicted molar refractivity (Wildman–Crippen MR) is 80.6 cm³/mol. The minimum atomic E-state index is 0.780. The second-order valence-corrected chi connectivity index (χ2v) is 5.80. The van der Waals surface area contributed by atoms with Crippen LogP contribution in [0.25, 0.3) is 0 Å². The standard InChI is InChI=1S/C16H28N2O2/c1-3-7-17-11-16-15(6-10-20-16)13-18(2)12-14-4-8-19-9-5-14/h6,10,14,17H,3-5,7-9,11-13H2,1-2H3. The molecule has 4 nitrogen and oxygen atoms in total. The van der Waals surface area contributed by atoms with Gasteiger partial charge in [-0.05, 0) is 44.8 Å². The second-order valence-electron chi connectivity index (χ2n) is 5.80. The van der Waals surface area contributed by atoms with Crippen molar-refractivity contribution in [1.82, 2.24) is 10.2 Å². The zero-order chi connectivity index (χ0) is 14.2. The first-order valence-corrected chi connectivity index (χ1v) is 7.81. The van der Waals surface area contributed by atoms with Crippen LogP contribution in [0.2, 0.25) is 0 Å². The van der Waals surface area contributed by atoms with Crippen LogP contribution in [0.15, 0.2) is 16.7 Å². The van der Waals surface area contributed by atoms with Gasteiger partial charge in [-0.15, -0.1) is 0 Å². The van der Waals surface area contributed by atoms with Crippen molar-refractivity contribution < 1.29 is 9.15 Å². The highest BCUT2D eigenvalue weighted by Crippen LogP contribution is 2.18. The fourth-order valence-electron chi connectivity index (χ4n) is 2.77. The third-order valence-electron chi connectivity index (χ3n) is 3.90. The highest BCUT2D eigenvalue weighted by atomic mass is 16.5. The van der Waals surface area contributed by atoms with Gasteiger partial charge in [0.1, 0.15) is 5.76 Å². The summed E-state index contributed by atoms with van der Waals surface area (Å²) >= 11 is 0. The van der Waals surface area contributed by atoms with Crippen LogP contribution in [0.4, 0.5) is 0 Å². The summed E-state index contributed by atoms with van der Waals surface area (Å²) < 4.78 is 11.0. The van der Waals surface area contributed by atoms with Crippen LogP contribution in [-0.2, 0) is 17.8 Å². The van der Waals surface area contributed by atoms with Gasteiger partial charge in [0.25, 0.3) is 0 Å². The molecule has 0 amide bonds. The predicted octanol–water partition coefficient (Wildman–Crippen LogP) is 2.64. The van der Waals surface area contributed by atoms with Crippen molar-refractivity contribution in [2.75, 3.05) is 33.4 Å². The van der Waals surface area contributed by atoms with E-state index >= 15 is 0 Å². The molecule has 0 atom stereocenters. The molecule has 0 saturated carbocycles. The molecule has 1 N–H and O–H groups in total. The Morgan fingerprint density at radius 1 is 1.35 bits per heavy atom. The summed E-state index contributed by atoms with van der Waals surface area (Å²) in [6.07, 6.45) is 5.35. The quantitative estimate of drug-likeness (QED) is 0.743. The molecule has 2 rings (SSSR count). The van der Waals surface area contributed by atoms with Crippen LogP contribution >= 0.6 is 0 Å². The number of nitrogens with zero attached hydrogens (tertiary/aromatic N) is 1. The maximum atomic E-state index is 5.59. The van der Waals surface area contributed by atoms with Crippen molar-refractivity contribution in [2.45, 2.75) is 39.3 Å². The van der Waals surface area contributed by atoms with E-state index in [0.29, 0.717) is 0 Å². The van der Waals surface area contributed by atoms with Crippen molar-refractivity contribution in [3.63, 3.8) is 0 Å². The number of nitrogens with one attached hydrogen (secondary N) is 1. The van der Waals surface area contributed by atoms with Gasteiger partial charge >= 0.3 is 0 Å². The van der Waals surface area contributed by atoms with Crippen molar-refractivity contribution in [2.24, 2.45) is 5.92 Å². The van der Waals surface area contributed by atoms with Gasteiger partial charge in [0.05, 0.1) is 12.8 Å². The van der Waals surface area contributed by atoms with E-state index in [2.05, 4.69) is 30.3 Å². The zero-order valence-electron chi connectivity index (χ0n) is 12.9. The van der Waals surface area contributed by atoms with Crippen LogP contribution < -0.4 is 5.32 Å². The average Bonchev–Trinajstić information content (AvgIpc) is 2.87. The van der Waals surface area contributed by atoms with Crippen LogP contribution in [0.5, 0.6) is 0 Å². The minimum absolute atomic E-state index is 0.780. The van der Waals surface area contributed by atoms with Crippen molar-refractivity contribution in [3.05, 3.63) is 23.7 Å². The largest absolute Gasteiger partial charge is 0.468 e. The molecule has 1 aliphatic rings. The van der Waals surface area contributed by atoms with Gasteiger partial charge < -0.3 is 19.4 Å². The monoisotopic (exact) mass is 280 g/mol. The van der Waals surface area contributed by atoms with Gasteiger partial charge in [0.15, 0.2) is 0 Å². The Kier molecular flexibility index (Phi) is 6.57. The van der Waals surface area contributed by atoms with Gasteiger partial charge in [-0.3, -0.25) is 0 Å². The topological polar surface area (TPSA) is 37.6 Å². The number of rotatable bonds is 8. The summed E-state index contributed by atoms with van der Waals surface area (Å²) in [5, 5.41) is 3.40. The molecule has 0 aliphatic carbocycles. The Morgan fingerprint density at radius 2 is 2.15 bits per heavy atom. The Labute approximate surface area is 122 Å². The maximum Gasteiger partial charge on any atom is 0.122 e. The lowest BCUT2D eigenvalue weighted by atomic mass is 10.00. The smallest absolute Gasteiger partial charge is 0.122 e. The van der Waals surface area contributed by atoms with Crippen molar-refractivity contribution in [3.8, 4) is 0 Å². The molecule has 1 fully saturated rings. The number of furan rings is 1. The molecule has 1 aromatic rings. The first kappa shape index (κ1) is 15.5. The Morgan fingerprint density at radius 3 is 2.90 bits per heavy atom. The molecule has 114 valence electrons. The van der Waals surface area contributed by atoms with Gasteiger partial charge in [-0.25, -0.2) is 0 Å². The lowest BCUT2D eigenvalue weighted by Gasteiger charge is -2.27. The zero-order valence-corrected chi connectivity index (χ0v) is 12.9. The van der Waals surface area contributed by atoms with E-state index in [1.165, 1.54) is 18.4 Å². The molecule has 4 heteroatoms. The number of ether oxygens (including phenoxy) is 1. The highest BCUT2D eigenvalue weighted by molar-refractivity contribution is 5.16. The fourth-order valence-corrected chi connectivity index (χ4v) is 2.77. The lowest BCUT2D eigenvalue weighted by Crippen LogP contribution is -2.29. The molecular weight excluding hydrogens is 252 g/mol. The molecule has 0 unspecified atom stereocenters. The van der Waals surface area contributed by atoms with Gasteiger partial charge in [0.2, 0.25) is 0 Å². The van der Waals surface area contributed by atoms with E-state index < -0.39 is 0 Å². The lowest BCUT2D eigenvalue weighted by molar-refractivity contribution is 0.0549. The van der Waals surface area contributed by atoms with E-state index in [0.717, 1.165) is 57.5 Å². The first-order valence-electron chi connectivity index (χ1n) is 7.81. The third kappa shape index (κ3) is 4.93. The van der Waals surface area contributed by atoms with Gasteiger partial charge in [0, 0.05) is 31.9 Å². The molecule has 0 bridgehead atoms. The van der Waals surface area contributed by atoms with Crippen LogP contribution in [0.1, 0.15) is 37.5 Å². The number of hydrogen-bond acceptors (Lipinski definition) is 4. The molecule has 20 heavy (non-hydrogen) atoms. The molecule has 0 aromatic carbocycles. The second kappa shape index (κ2) is 8.45. The Hall–Kier alpha value is -0.840. The Balaban J connectivity index is 1.78. The molecule has 0 spiro atoms. The van der Waals surface area contributed by atoms with E-state index in [4.69, 9.17) is 9.15 Å². The van der Waals surface area contributed by atoms with E-state index in [1.807, 2.05) is 0 Å². The van der Waals surface area contributed by atoms with E-state index in [9.17, 15) is 0 Å². The summed E-state index contributed by atoms with van der Waals surface area (Å²) in [6, 6.07) is 2.10. The summed E-state index contributed by atoms with van der Waals surface area (Å²) in [6.45, 7) is 8.03. The third-order valence-corrected chi connectivity index (χ3v) is 3.90. The molecule has 1 aliphatic heterocycles. The number of hydrogen-bond donors (Lipinski definition) is 1. The fraction of sp³-hybridized carbons (Fsp3) is 0.750. The Bertz CT molecular complexity index is 372. The van der Waals surface area contributed by atoms with Gasteiger partial charge in [-0.1, -0.05) is 6.92 Å². The summed E-state index contributed by atoms with van der Waals surface area (Å²) in [5.41, 5.74) is 1.31. The SMILES string of the molecule is CCCNCc1occc1CN(C)CC1CCOCC1. The molecule has 1 saturated heterocycles. The van der Waals surface area contributed by atoms with Crippen molar-refractivity contribution in [1.29, 1.82) is 0 Å². The minimum Gasteiger partial charge on any atom is -0.468 e. The average molecular weight is 280 g/mol. The van der Waals surface area contributed by atoms with E-state index in [-0.39, 0.29) is 0 Å². The molecular formula is C16H28N2O2. The molecule has 1 aromatic heterocycles. The molecule has 0 radical (unpaired) electrons. The van der Waals surface area contributed by atoms with Crippen LogP contribution in [-0.4, -0.2) is 38.3 Å². The van der Waals surface area contributed by atoms with E-state index in [1.54, 1.807) is 6.26 Å². The maximum absolute atomic E-state index is 5.59. The van der Waals surface area contributed by atoms with Crippen molar-refractivity contribution >= 4 is 0 Å². The summed E-state index contributed by atoms with van der Waals surface area (Å²) in [4.78, 5) is 2.41. The normalized spacial score (nSPS) is 16.9. The highest BCUT2D eigenvalue weighted by Gasteiger charge is 2.17. The summed E-state index contributed by atoms with van der Waals surface area (Å²) in [7, 11) is 2.20.